The Morgan fingerprint density at radius 3 is 2.50 bits per heavy atom. The smallest absolute Gasteiger partial charge is 0.319 e. The van der Waals surface area contributed by atoms with Crippen LogP contribution in [0.1, 0.15) is 18.5 Å². The van der Waals surface area contributed by atoms with Crippen LogP contribution in [0.25, 0.3) is 0 Å². The largest absolute Gasteiger partial charge is 0.337 e. The first kappa shape index (κ1) is 14.7. The second kappa shape index (κ2) is 7.13. The lowest BCUT2D eigenvalue weighted by molar-refractivity contribution is 0.252. The monoisotopic (exact) mass is 269 g/mol. The Bertz CT molecular complexity index is 418. The standard InChI is InChI=1S/C12H19N3O2S/c1-9(13)10-3-5-11(6-4-10)15-12(16)14-7-8-18(2)17/h3-6,9H,7-8,13H2,1-2H3,(H2,14,15,16). The molecule has 2 amide bonds. The van der Waals surface area contributed by atoms with Crippen molar-refractivity contribution in [3.63, 3.8) is 0 Å². The molecule has 0 aromatic heterocycles. The maximum atomic E-state index is 11.5. The summed E-state index contributed by atoms with van der Waals surface area (Å²) in [7, 11) is -0.893. The maximum Gasteiger partial charge on any atom is 0.319 e. The summed E-state index contributed by atoms with van der Waals surface area (Å²) in [5.74, 6) is 0.455. The number of carbonyl (C=O) groups is 1. The lowest BCUT2D eigenvalue weighted by atomic mass is 10.1. The third-order valence-corrected chi connectivity index (χ3v) is 3.15. The molecule has 6 heteroatoms. The Morgan fingerprint density at radius 1 is 1.39 bits per heavy atom. The quantitative estimate of drug-likeness (QED) is 0.751. The Hall–Kier alpha value is -1.40. The van der Waals surface area contributed by atoms with Gasteiger partial charge >= 0.3 is 6.03 Å². The molecule has 0 saturated carbocycles. The van der Waals surface area contributed by atoms with E-state index >= 15 is 0 Å². The van der Waals surface area contributed by atoms with Crippen LogP contribution in [0, 0.1) is 0 Å². The van der Waals surface area contributed by atoms with Crippen LogP contribution >= 0.6 is 0 Å². The molecule has 0 saturated heterocycles. The van der Waals surface area contributed by atoms with Gasteiger partial charge in [-0.25, -0.2) is 4.79 Å². The van der Waals surface area contributed by atoms with Crippen LogP contribution in [0.3, 0.4) is 0 Å². The van der Waals surface area contributed by atoms with Crippen molar-refractivity contribution in [2.24, 2.45) is 5.73 Å². The third-order valence-electron chi connectivity index (χ3n) is 2.37. The average Bonchev–Trinajstić information content (AvgIpc) is 2.29. The summed E-state index contributed by atoms with van der Waals surface area (Å²) in [6.07, 6.45) is 1.60. The minimum atomic E-state index is -0.893. The van der Waals surface area contributed by atoms with Crippen molar-refractivity contribution < 1.29 is 9.00 Å². The number of carbonyl (C=O) groups excluding carboxylic acids is 1. The number of hydrogen-bond acceptors (Lipinski definition) is 3. The van der Waals surface area contributed by atoms with E-state index in [4.69, 9.17) is 5.73 Å². The third kappa shape index (κ3) is 5.29. The molecule has 0 aliphatic rings. The molecule has 0 spiro atoms. The predicted octanol–water partition coefficient (Wildman–Crippen LogP) is 1.21. The van der Waals surface area contributed by atoms with Gasteiger partial charge in [-0.2, -0.15) is 0 Å². The first-order valence-electron chi connectivity index (χ1n) is 5.69. The van der Waals surface area contributed by atoms with E-state index in [1.165, 1.54) is 0 Å². The summed E-state index contributed by atoms with van der Waals surface area (Å²) in [4.78, 5) is 11.5. The van der Waals surface area contributed by atoms with Gasteiger partial charge < -0.3 is 16.4 Å². The van der Waals surface area contributed by atoms with E-state index in [-0.39, 0.29) is 12.1 Å². The molecule has 2 unspecified atom stereocenters. The second-order valence-corrected chi connectivity index (χ2v) is 5.62. The van der Waals surface area contributed by atoms with Gasteiger partial charge in [0.15, 0.2) is 0 Å². The van der Waals surface area contributed by atoms with Crippen molar-refractivity contribution in [2.75, 3.05) is 23.9 Å². The molecule has 100 valence electrons. The van der Waals surface area contributed by atoms with Crippen LogP contribution in [0.15, 0.2) is 24.3 Å². The van der Waals surface area contributed by atoms with E-state index in [1.807, 2.05) is 19.1 Å². The van der Waals surface area contributed by atoms with E-state index in [2.05, 4.69) is 10.6 Å². The van der Waals surface area contributed by atoms with Crippen molar-refractivity contribution >= 4 is 22.5 Å². The summed E-state index contributed by atoms with van der Waals surface area (Å²) in [5.41, 5.74) is 7.45. The molecule has 1 aromatic carbocycles. The van der Waals surface area contributed by atoms with Crippen molar-refractivity contribution in [1.29, 1.82) is 0 Å². The van der Waals surface area contributed by atoms with Crippen molar-refractivity contribution in [3.05, 3.63) is 29.8 Å². The van der Waals surface area contributed by atoms with Crippen LogP contribution in [0.4, 0.5) is 10.5 Å². The zero-order valence-corrected chi connectivity index (χ0v) is 11.4. The van der Waals surface area contributed by atoms with Crippen LogP contribution < -0.4 is 16.4 Å². The number of hydrogen-bond donors (Lipinski definition) is 3. The first-order valence-corrected chi connectivity index (χ1v) is 7.42. The van der Waals surface area contributed by atoms with Gasteiger partial charge in [0, 0.05) is 41.1 Å². The molecule has 0 fully saturated rings. The van der Waals surface area contributed by atoms with Crippen molar-refractivity contribution in [1.82, 2.24) is 5.32 Å². The summed E-state index contributed by atoms with van der Waals surface area (Å²) in [6.45, 7) is 2.30. The number of nitrogens with two attached hydrogens (primary N) is 1. The van der Waals surface area contributed by atoms with Gasteiger partial charge in [-0.3, -0.25) is 4.21 Å². The summed E-state index contributed by atoms with van der Waals surface area (Å²) < 4.78 is 10.8. The van der Waals surface area contributed by atoms with Crippen LogP contribution in [0.2, 0.25) is 0 Å². The second-order valence-electron chi connectivity index (χ2n) is 4.07. The molecule has 0 aliphatic carbocycles. The SMILES string of the molecule is CC(N)c1ccc(NC(=O)NCCS(C)=O)cc1. The molecule has 2 atom stereocenters. The number of benzene rings is 1. The van der Waals surface area contributed by atoms with E-state index in [0.717, 1.165) is 5.56 Å². The highest BCUT2D eigenvalue weighted by Crippen LogP contribution is 2.13. The summed E-state index contributed by atoms with van der Waals surface area (Å²) in [6, 6.07) is 7.04. The molecular formula is C12H19N3O2S. The topological polar surface area (TPSA) is 84.2 Å². The molecular weight excluding hydrogens is 250 g/mol. The molecule has 1 aromatic rings. The van der Waals surface area contributed by atoms with E-state index in [1.54, 1.807) is 18.4 Å². The normalized spacial score (nSPS) is 13.7. The average molecular weight is 269 g/mol. The van der Waals surface area contributed by atoms with Gasteiger partial charge in [0.2, 0.25) is 0 Å². The van der Waals surface area contributed by atoms with E-state index in [9.17, 15) is 9.00 Å². The lowest BCUT2D eigenvalue weighted by Gasteiger charge is -2.09. The van der Waals surface area contributed by atoms with Crippen molar-refractivity contribution in [3.8, 4) is 0 Å². The Labute approximate surface area is 110 Å². The molecule has 18 heavy (non-hydrogen) atoms. The van der Waals surface area contributed by atoms with Crippen LogP contribution in [0.5, 0.6) is 0 Å². The fraction of sp³-hybridized carbons (Fsp3) is 0.417. The highest BCUT2D eigenvalue weighted by Gasteiger charge is 2.03. The minimum absolute atomic E-state index is 0.0209. The van der Waals surface area contributed by atoms with Gasteiger partial charge in [0.05, 0.1) is 0 Å². The highest BCUT2D eigenvalue weighted by atomic mass is 32.2. The summed E-state index contributed by atoms with van der Waals surface area (Å²) >= 11 is 0. The van der Waals surface area contributed by atoms with Gasteiger partial charge in [-0.1, -0.05) is 12.1 Å². The molecule has 1 rings (SSSR count). The van der Waals surface area contributed by atoms with E-state index in [0.29, 0.717) is 18.0 Å². The molecule has 5 nitrogen and oxygen atoms in total. The Morgan fingerprint density at radius 2 is 2.00 bits per heavy atom. The maximum absolute atomic E-state index is 11.5. The Kier molecular flexibility index (Phi) is 5.80. The number of anilines is 1. The van der Waals surface area contributed by atoms with Crippen LogP contribution in [-0.2, 0) is 10.8 Å². The van der Waals surface area contributed by atoms with Gasteiger partial charge in [-0.05, 0) is 24.6 Å². The first-order chi connectivity index (χ1) is 8.49. The van der Waals surface area contributed by atoms with E-state index < -0.39 is 10.8 Å². The highest BCUT2D eigenvalue weighted by molar-refractivity contribution is 7.84. The Balaban J connectivity index is 2.42. The van der Waals surface area contributed by atoms with Gasteiger partial charge in [0.1, 0.15) is 0 Å². The zero-order valence-electron chi connectivity index (χ0n) is 10.6. The van der Waals surface area contributed by atoms with Crippen molar-refractivity contribution in [2.45, 2.75) is 13.0 Å². The number of amides is 2. The minimum Gasteiger partial charge on any atom is -0.337 e. The predicted molar refractivity (Wildman–Crippen MR) is 75.0 cm³/mol. The lowest BCUT2D eigenvalue weighted by Crippen LogP contribution is -2.31. The number of nitrogens with one attached hydrogen (secondary N) is 2. The fourth-order valence-corrected chi connectivity index (χ4v) is 1.74. The van der Waals surface area contributed by atoms with Crippen LogP contribution in [-0.4, -0.2) is 28.8 Å². The summed E-state index contributed by atoms with van der Waals surface area (Å²) in [5, 5.41) is 5.32. The number of rotatable bonds is 5. The molecule has 0 aliphatic heterocycles. The molecule has 0 heterocycles. The zero-order chi connectivity index (χ0) is 13.5. The van der Waals surface area contributed by atoms with Gasteiger partial charge in [-0.15, -0.1) is 0 Å². The molecule has 0 radical (unpaired) electrons. The molecule has 0 bridgehead atoms. The molecule has 4 N–H and O–H groups in total. The number of urea groups is 1. The van der Waals surface area contributed by atoms with Gasteiger partial charge in [0.25, 0.3) is 0 Å². The fourth-order valence-electron chi connectivity index (χ4n) is 1.35.